The molecule has 1 aromatic carbocycles. The molecular formula is C16H24ClN3O2. The zero-order valence-corrected chi connectivity index (χ0v) is 13.9. The first-order valence-corrected chi connectivity index (χ1v) is 7.39. The maximum absolute atomic E-state index is 12.2. The monoisotopic (exact) mass is 325 g/mol. The van der Waals surface area contributed by atoms with Gasteiger partial charge >= 0.3 is 0 Å². The van der Waals surface area contributed by atoms with Crippen molar-refractivity contribution in [3.05, 3.63) is 35.4 Å². The summed E-state index contributed by atoms with van der Waals surface area (Å²) in [6.07, 6.45) is 1.06. The molecule has 1 aliphatic heterocycles. The molecule has 1 aliphatic rings. The third-order valence-electron chi connectivity index (χ3n) is 3.78. The molecule has 0 aliphatic carbocycles. The summed E-state index contributed by atoms with van der Waals surface area (Å²) in [4.78, 5) is 25.9. The van der Waals surface area contributed by atoms with Crippen molar-refractivity contribution < 1.29 is 9.59 Å². The van der Waals surface area contributed by atoms with Gasteiger partial charge < -0.3 is 15.5 Å². The lowest BCUT2D eigenvalue weighted by atomic mass is 10.1. The molecule has 1 aromatic rings. The summed E-state index contributed by atoms with van der Waals surface area (Å²) < 4.78 is 0. The Morgan fingerprint density at radius 2 is 1.95 bits per heavy atom. The Labute approximate surface area is 137 Å². The van der Waals surface area contributed by atoms with Gasteiger partial charge in [-0.25, -0.2) is 0 Å². The highest BCUT2D eigenvalue weighted by molar-refractivity contribution is 5.90. The smallest absolute Gasteiger partial charge is 0.242 e. The summed E-state index contributed by atoms with van der Waals surface area (Å²) in [7, 11) is 1.84. The van der Waals surface area contributed by atoms with Crippen molar-refractivity contribution in [1.29, 1.82) is 0 Å². The normalized spacial score (nSPS) is 17.3. The number of benzene rings is 1. The Balaban J connectivity index is 0.00000242. The second-order valence-corrected chi connectivity index (χ2v) is 5.46. The van der Waals surface area contributed by atoms with Crippen molar-refractivity contribution in [2.45, 2.75) is 32.4 Å². The molecule has 1 fully saturated rings. The molecule has 1 heterocycles. The highest BCUT2D eigenvalue weighted by atomic mass is 35.5. The van der Waals surface area contributed by atoms with Gasteiger partial charge in [-0.1, -0.05) is 29.8 Å². The van der Waals surface area contributed by atoms with E-state index >= 15 is 0 Å². The first-order chi connectivity index (χ1) is 10.1. The van der Waals surface area contributed by atoms with Crippen LogP contribution in [-0.2, 0) is 16.1 Å². The number of nitrogens with zero attached hydrogens (tertiary/aromatic N) is 1. The van der Waals surface area contributed by atoms with Crippen LogP contribution < -0.4 is 10.6 Å². The van der Waals surface area contributed by atoms with E-state index < -0.39 is 0 Å². The lowest BCUT2D eigenvalue weighted by Crippen LogP contribution is -2.45. The van der Waals surface area contributed by atoms with Gasteiger partial charge in [0.1, 0.15) is 6.04 Å². The number of nitrogens with one attached hydrogen (secondary N) is 2. The zero-order chi connectivity index (χ0) is 15.2. The Morgan fingerprint density at radius 3 is 2.59 bits per heavy atom. The molecule has 2 N–H and O–H groups in total. The Kier molecular flexibility index (Phi) is 7.35. The quantitative estimate of drug-likeness (QED) is 0.774. The number of carbonyl (C=O) groups excluding carboxylic acids is 2. The maximum Gasteiger partial charge on any atom is 0.242 e. The molecule has 1 saturated heterocycles. The van der Waals surface area contributed by atoms with Gasteiger partial charge in [0.2, 0.25) is 11.8 Å². The molecule has 0 radical (unpaired) electrons. The highest BCUT2D eigenvalue weighted by Gasteiger charge is 2.35. The Bertz CT molecular complexity index is 505. The first-order valence-electron chi connectivity index (χ1n) is 7.39. The molecule has 1 atom stereocenters. The molecule has 0 spiro atoms. The van der Waals surface area contributed by atoms with Crippen molar-refractivity contribution in [1.82, 2.24) is 15.5 Å². The average molecular weight is 326 g/mol. The zero-order valence-electron chi connectivity index (χ0n) is 13.1. The van der Waals surface area contributed by atoms with Crippen LogP contribution in [0.3, 0.4) is 0 Å². The van der Waals surface area contributed by atoms with Crippen molar-refractivity contribution in [3.8, 4) is 0 Å². The minimum atomic E-state index is -0.337. The van der Waals surface area contributed by atoms with Crippen LogP contribution in [-0.4, -0.2) is 42.9 Å². The number of rotatable bonds is 6. The van der Waals surface area contributed by atoms with E-state index in [0.717, 1.165) is 12.1 Å². The number of carbonyl (C=O) groups is 2. The Morgan fingerprint density at radius 1 is 1.27 bits per heavy atom. The fraction of sp³-hybridized carbons (Fsp3) is 0.500. The van der Waals surface area contributed by atoms with E-state index in [1.165, 1.54) is 5.56 Å². The topological polar surface area (TPSA) is 61.4 Å². The van der Waals surface area contributed by atoms with E-state index in [1.54, 1.807) is 4.90 Å². The molecule has 5 nitrogen and oxygen atoms in total. The number of hydrogen-bond donors (Lipinski definition) is 2. The predicted molar refractivity (Wildman–Crippen MR) is 88.9 cm³/mol. The van der Waals surface area contributed by atoms with Crippen LogP contribution in [0.4, 0.5) is 0 Å². The molecule has 6 heteroatoms. The summed E-state index contributed by atoms with van der Waals surface area (Å²) in [6.45, 7) is 3.84. The van der Waals surface area contributed by atoms with Gasteiger partial charge in [-0.2, -0.15) is 0 Å². The van der Waals surface area contributed by atoms with Crippen LogP contribution in [0.2, 0.25) is 0 Å². The van der Waals surface area contributed by atoms with Gasteiger partial charge in [0.15, 0.2) is 0 Å². The van der Waals surface area contributed by atoms with Gasteiger partial charge in [0.05, 0.1) is 0 Å². The minimum absolute atomic E-state index is 0. The standard InChI is InChI=1S/C16H23N3O2.ClH/c1-12-3-5-13(6-4-12)11-19-14(7-8-15(19)20)16(21)18-10-9-17-2;/h3-6,14,17H,7-11H2,1-2H3,(H,18,21);1H. The molecule has 122 valence electrons. The van der Waals surface area contributed by atoms with Crippen LogP contribution in [0.5, 0.6) is 0 Å². The summed E-state index contributed by atoms with van der Waals surface area (Å²) >= 11 is 0. The van der Waals surface area contributed by atoms with Crippen LogP contribution in [0.1, 0.15) is 24.0 Å². The van der Waals surface area contributed by atoms with Gasteiger partial charge in [-0.3, -0.25) is 9.59 Å². The second-order valence-electron chi connectivity index (χ2n) is 5.46. The van der Waals surface area contributed by atoms with Crippen molar-refractivity contribution in [2.24, 2.45) is 0 Å². The molecule has 1 unspecified atom stereocenters. The summed E-state index contributed by atoms with van der Waals surface area (Å²) in [5.74, 6) is 0.00699. The van der Waals surface area contributed by atoms with Crippen LogP contribution in [0, 0.1) is 6.92 Å². The number of aryl methyl sites for hydroxylation is 1. The molecule has 0 aromatic heterocycles. The van der Waals surface area contributed by atoms with E-state index in [0.29, 0.717) is 25.9 Å². The van der Waals surface area contributed by atoms with E-state index in [9.17, 15) is 9.59 Å². The van der Waals surface area contributed by atoms with Gasteiger partial charge in [0.25, 0.3) is 0 Å². The predicted octanol–water partition coefficient (Wildman–Crippen LogP) is 1.24. The maximum atomic E-state index is 12.2. The third-order valence-corrected chi connectivity index (χ3v) is 3.78. The van der Waals surface area contributed by atoms with Crippen LogP contribution in [0.15, 0.2) is 24.3 Å². The van der Waals surface area contributed by atoms with E-state index in [2.05, 4.69) is 10.6 Å². The minimum Gasteiger partial charge on any atom is -0.353 e. The molecule has 2 amide bonds. The fourth-order valence-corrected chi connectivity index (χ4v) is 2.52. The largest absolute Gasteiger partial charge is 0.353 e. The van der Waals surface area contributed by atoms with Gasteiger partial charge in [-0.05, 0) is 26.0 Å². The van der Waals surface area contributed by atoms with Gasteiger partial charge in [0, 0.05) is 26.1 Å². The molecule has 2 rings (SSSR count). The van der Waals surface area contributed by atoms with Crippen LogP contribution >= 0.6 is 12.4 Å². The molecule has 0 saturated carbocycles. The second kappa shape index (κ2) is 8.76. The number of likely N-dealkylation sites (N-methyl/N-ethyl adjacent to an activating group) is 1. The molecule has 22 heavy (non-hydrogen) atoms. The van der Waals surface area contributed by atoms with E-state index in [4.69, 9.17) is 0 Å². The summed E-state index contributed by atoms with van der Waals surface area (Å²) in [5.41, 5.74) is 2.25. The first kappa shape index (κ1) is 18.5. The number of halogens is 1. The summed E-state index contributed by atoms with van der Waals surface area (Å²) in [6, 6.07) is 7.74. The third kappa shape index (κ3) is 4.71. The molecule has 0 bridgehead atoms. The molecular weight excluding hydrogens is 302 g/mol. The van der Waals surface area contributed by atoms with E-state index in [-0.39, 0.29) is 30.3 Å². The van der Waals surface area contributed by atoms with Gasteiger partial charge in [-0.15, -0.1) is 12.4 Å². The average Bonchev–Trinajstić information content (AvgIpc) is 2.83. The SMILES string of the molecule is CNCCNC(=O)C1CCC(=O)N1Cc1ccc(C)cc1.Cl. The summed E-state index contributed by atoms with van der Waals surface area (Å²) in [5, 5.41) is 5.86. The van der Waals surface area contributed by atoms with Crippen LogP contribution in [0.25, 0.3) is 0 Å². The number of hydrogen-bond acceptors (Lipinski definition) is 3. The van der Waals surface area contributed by atoms with Crippen molar-refractivity contribution in [3.63, 3.8) is 0 Å². The van der Waals surface area contributed by atoms with E-state index in [1.807, 2.05) is 38.2 Å². The lowest BCUT2D eigenvalue weighted by molar-refractivity contribution is -0.135. The number of likely N-dealkylation sites (tertiary alicyclic amines) is 1. The fourth-order valence-electron chi connectivity index (χ4n) is 2.52. The lowest BCUT2D eigenvalue weighted by Gasteiger charge is -2.24. The Hall–Kier alpha value is -1.59. The van der Waals surface area contributed by atoms with Crippen molar-refractivity contribution >= 4 is 24.2 Å². The number of amides is 2. The highest BCUT2D eigenvalue weighted by Crippen LogP contribution is 2.21. The van der Waals surface area contributed by atoms with Crippen molar-refractivity contribution in [2.75, 3.05) is 20.1 Å².